The molecule has 0 aromatic heterocycles. The standard InChI is InChI=1S/C22H22N4O5S/c1-15(16-8-11-19(12-9-16)32(23,30)31)25(2)22(27)17-10-13-20(21(14-17)26(28)29)24-18-6-4-3-5-7-18/h3-15,24H,1-2H3,(H2,23,30,31). The van der Waals surface area contributed by atoms with Gasteiger partial charge in [-0.25, -0.2) is 13.6 Å². The Morgan fingerprint density at radius 3 is 2.25 bits per heavy atom. The van der Waals surface area contributed by atoms with Crippen molar-refractivity contribution in [2.45, 2.75) is 17.9 Å². The number of para-hydroxylation sites is 1. The number of nitro groups is 1. The van der Waals surface area contributed by atoms with Crippen LogP contribution in [-0.2, 0) is 10.0 Å². The van der Waals surface area contributed by atoms with Gasteiger partial charge in [-0.15, -0.1) is 0 Å². The smallest absolute Gasteiger partial charge is 0.293 e. The first-order valence-corrected chi connectivity index (χ1v) is 11.1. The molecule has 0 heterocycles. The number of hydrogen-bond donors (Lipinski definition) is 2. The second kappa shape index (κ2) is 9.16. The van der Waals surface area contributed by atoms with Crippen molar-refractivity contribution in [3.63, 3.8) is 0 Å². The zero-order valence-corrected chi connectivity index (χ0v) is 18.2. The summed E-state index contributed by atoms with van der Waals surface area (Å²) in [4.78, 5) is 25.5. The normalized spacial score (nSPS) is 12.1. The molecular formula is C22H22N4O5S. The second-order valence-corrected chi connectivity index (χ2v) is 8.75. The van der Waals surface area contributed by atoms with Gasteiger partial charge in [0.05, 0.1) is 15.9 Å². The number of nitrogens with two attached hydrogens (primary N) is 1. The fourth-order valence-electron chi connectivity index (χ4n) is 3.14. The quantitative estimate of drug-likeness (QED) is 0.411. The van der Waals surface area contributed by atoms with E-state index in [0.29, 0.717) is 11.3 Å². The Bertz CT molecular complexity index is 1250. The highest BCUT2D eigenvalue weighted by atomic mass is 32.2. The molecule has 3 aromatic rings. The maximum Gasteiger partial charge on any atom is 0.293 e. The summed E-state index contributed by atoms with van der Waals surface area (Å²) in [5, 5.41) is 19.7. The van der Waals surface area contributed by atoms with Crippen LogP contribution in [-0.4, -0.2) is 31.2 Å². The number of primary sulfonamides is 1. The van der Waals surface area contributed by atoms with Gasteiger partial charge in [0.2, 0.25) is 10.0 Å². The van der Waals surface area contributed by atoms with Crippen LogP contribution in [0.25, 0.3) is 0 Å². The van der Waals surface area contributed by atoms with E-state index in [2.05, 4.69) is 5.32 Å². The van der Waals surface area contributed by atoms with Gasteiger partial charge in [-0.2, -0.15) is 0 Å². The van der Waals surface area contributed by atoms with E-state index in [0.717, 1.165) is 0 Å². The van der Waals surface area contributed by atoms with E-state index in [-0.39, 0.29) is 21.8 Å². The van der Waals surface area contributed by atoms with Gasteiger partial charge in [0.25, 0.3) is 11.6 Å². The number of hydrogen-bond acceptors (Lipinski definition) is 6. The summed E-state index contributed by atoms with van der Waals surface area (Å²) in [5.41, 5.74) is 1.57. The highest BCUT2D eigenvalue weighted by Crippen LogP contribution is 2.30. The fraction of sp³-hybridized carbons (Fsp3) is 0.136. The molecule has 0 aliphatic rings. The van der Waals surface area contributed by atoms with Gasteiger partial charge in [0.15, 0.2) is 0 Å². The van der Waals surface area contributed by atoms with Crippen molar-refractivity contribution in [1.82, 2.24) is 4.90 Å². The van der Waals surface area contributed by atoms with Crippen LogP contribution in [0.3, 0.4) is 0 Å². The van der Waals surface area contributed by atoms with Crippen LogP contribution in [0.2, 0.25) is 0 Å². The van der Waals surface area contributed by atoms with Gasteiger partial charge in [0, 0.05) is 24.4 Å². The number of nitrogens with zero attached hydrogens (tertiary/aromatic N) is 2. The third kappa shape index (κ3) is 5.10. The molecule has 1 amide bonds. The van der Waals surface area contributed by atoms with Crippen molar-refractivity contribution in [2.75, 3.05) is 12.4 Å². The molecule has 3 rings (SSSR count). The van der Waals surface area contributed by atoms with E-state index in [1.54, 1.807) is 50.4 Å². The molecule has 1 atom stereocenters. The van der Waals surface area contributed by atoms with E-state index in [4.69, 9.17) is 5.14 Å². The van der Waals surface area contributed by atoms with Gasteiger partial charge in [0.1, 0.15) is 5.69 Å². The molecule has 0 aliphatic heterocycles. The van der Waals surface area contributed by atoms with Gasteiger partial charge < -0.3 is 10.2 Å². The van der Waals surface area contributed by atoms with Crippen molar-refractivity contribution < 1.29 is 18.1 Å². The minimum Gasteiger partial charge on any atom is -0.350 e. The van der Waals surface area contributed by atoms with Crippen LogP contribution in [0.4, 0.5) is 17.1 Å². The first-order valence-electron chi connectivity index (χ1n) is 9.58. The number of rotatable bonds is 7. The average molecular weight is 455 g/mol. The Hall–Kier alpha value is -3.76. The minimum absolute atomic E-state index is 0.0282. The average Bonchev–Trinajstić information content (AvgIpc) is 2.78. The first kappa shape index (κ1) is 22.9. The topological polar surface area (TPSA) is 136 Å². The number of benzene rings is 3. The van der Waals surface area contributed by atoms with Crippen LogP contribution in [0.15, 0.2) is 77.7 Å². The Morgan fingerprint density at radius 2 is 1.69 bits per heavy atom. The number of nitro benzene ring substituents is 1. The molecule has 0 saturated carbocycles. The summed E-state index contributed by atoms with van der Waals surface area (Å²) < 4.78 is 22.8. The Labute approximate surface area is 185 Å². The van der Waals surface area contributed by atoms with Gasteiger partial charge in [-0.3, -0.25) is 14.9 Å². The van der Waals surface area contributed by atoms with Crippen LogP contribution in [0, 0.1) is 10.1 Å². The maximum absolute atomic E-state index is 13.0. The largest absolute Gasteiger partial charge is 0.350 e. The van der Waals surface area contributed by atoms with Crippen molar-refractivity contribution in [1.29, 1.82) is 0 Å². The maximum atomic E-state index is 13.0. The highest BCUT2D eigenvalue weighted by molar-refractivity contribution is 7.89. The fourth-order valence-corrected chi connectivity index (χ4v) is 3.65. The molecule has 1 unspecified atom stereocenters. The van der Waals surface area contributed by atoms with Crippen LogP contribution < -0.4 is 10.5 Å². The molecule has 32 heavy (non-hydrogen) atoms. The number of sulfonamides is 1. The molecule has 0 radical (unpaired) electrons. The van der Waals surface area contributed by atoms with Crippen LogP contribution in [0.1, 0.15) is 28.9 Å². The van der Waals surface area contributed by atoms with E-state index >= 15 is 0 Å². The number of nitrogens with one attached hydrogen (secondary N) is 1. The third-order valence-electron chi connectivity index (χ3n) is 5.09. The third-order valence-corrected chi connectivity index (χ3v) is 6.02. The Morgan fingerprint density at radius 1 is 1.06 bits per heavy atom. The first-order chi connectivity index (χ1) is 15.1. The molecule has 0 bridgehead atoms. The lowest BCUT2D eigenvalue weighted by atomic mass is 10.1. The van der Waals surface area contributed by atoms with Crippen molar-refractivity contribution >= 4 is 33.0 Å². The van der Waals surface area contributed by atoms with Crippen LogP contribution in [0.5, 0.6) is 0 Å². The van der Waals surface area contributed by atoms with E-state index in [9.17, 15) is 23.3 Å². The highest BCUT2D eigenvalue weighted by Gasteiger charge is 2.23. The zero-order chi connectivity index (χ0) is 23.5. The van der Waals surface area contributed by atoms with Gasteiger partial charge in [-0.1, -0.05) is 30.3 Å². The van der Waals surface area contributed by atoms with Crippen LogP contribution >= 0.6 is 0 Å². The SMILES string of the molecule is CC(c1ccc(S(N)(=O)=O)cc1)N(C)C(=O)c1ccc(Nc2ccccc2)c([N+](=O)[O-])c1. The van der Waals surface area contributed by atoms with Gasteiger partial charge >= 0.3 is 0 Å². The van der Waals surface area contributed by atoms with Crippen molar-refractivity contribution in [3.05, 3.63) is 94.0 Å². The van der Waals surface area contributed by atoms with E-state index in [1.807, 2.05) is 6.07 Å². The molecule has 0 fully saturated rings. The predicted octanol–water partition coefficient (Wildman–Crippen LogP) is 3.82. The predicted molar refractivity (Wildman–Crippen MR) is 121 cm³/mol. The molecular weight excluding hydrogens is 432 g/mol. The van der Waals surface area contributed by atoms with Crippen molar-refractivity contribution in [2.24, 2.45) is 5.14 Å². The molecule has 166 valence electrons. The molecule has 10 heteroatoms. The summed E-state index contributed by atoms with van der Waals surface area (Å²) >= 11 is 0. The van der Waals surface area contributed by atoms with Crippen molar-refractivity contribution in [3.8, 4) is 0 Å². The molecule has 0 aliphatic carbocycles. The summed E-state index contributed by atoms with van der Waals surface area (Å²) in [6.45, 7) is 1.77. The summed E-state index contributed by atoms with van der Waals surface area (Å²) in [7, 11) is -2.24. The Balaban J connectivity index is 1.84. The molecule has 9 nitrogen and oxygen atoms in total. The lowest BCUT2D eigenvalue weighted by molar-refractivity contribution is -0.383. The lowest BCUT2D eigenvalue weighted by Gasteiger charge is -2.25. The zero-order valence-electron chi connectivity index (χ0n) is 17.4. The second-order valence-electron chi connectivity index (χ2n) is 7.19. The number of amides is 1. The lowest BCUT2D eigenvalue weighted by Crippen LogP contribution is -2.29. The number of carbonyl (C=O) groups is 1. The van der Waals surface area contributed by atoms with E-state index in [1.165, 1.54) is 35.2 Å². The molecule has 3 aromatic carbocycles. The minimum atomic E-state index is -3.81. The van der Waals surface area contributed by atoms with E-state index < -0.39 is 26.9 Å². The molecule has 0 saturated heterocycles. The summed E-state index contributed by atoms with van der Waals surface area (Å²) in [6.07, 6.45) is 0. The van der Waals surface area contributed by atoms with Gasteiger partial charge in [-0.05, 0) is 48.9 Å². The molecule has 3 N–H and O–H groups in total. The number of carbonyl (C=O) groups excluding carboxylic acids is 1. The summed E-state index contributed by atoms with van der Waals surface area (Å²) in [6, 6.07) is 18.7. The Kier molecular flexibility index (Phi) is 6.56. The number of anilines is 2. The monoisotopic (exact) mass is 454 g/mol. The summed E-state index contributed by atoms with van der Waals surface area (Å²) in [5.74, 6) is -0.414. The molecule has 0 spiro atoms.